The van der Waals surface area contributed by atoms with Crippen LogP contribution >= 0.6 is 0 Å². The number of aliphatic imine (C=N–C) groups is 1. The molecule has 0 saturated heterocycles. The molecule has 0 aliphatic carbocycles. The van der Waals surface area contributed by atoms with E-state index in [1.54, 1.807) is 18.6 Å². The lowest BCUT2D eigenvalue weighted by molar-refractivity contribution is 0.847. The molecule has 1 unspecified atom stereocenters. The Morgan fingerprint density at radius 2 is 2.45 bits per heavy atom. The van der Waals surface area contributed by atoms with Crippen molar-refractivity contribution in [3.05, 3.63) is 24.0 Å². The highest BCUT2D eigenvalue weighted by atomic mass is 14.8. The highest BCUT2D eigenvalue weighted by Crippen LogP contribution is 2.20. The third-order valence-corrected chi connectivity index (χ3v) is 1.75. The number of hydrogen-bond donors (Lipinski definition) is 1. The van der Waals surface area contributed by atoms with Crippen molar-refractivity contribution in [3.8, 4) is 0 Å². The Bertz CT molecular complexity index is 293. The molecular weight excluding hydrogens is 138 g/mol. The summed E-state index contributed by atoms with van der Waals surface area (Å²) in [5.74, 6) is 0. The van der Waals surface area contributed by atoms with E-state index in [0.29, 0.717) is 0 Å². The van der Waals surface area contributed by atoms with Gasteiger partial charge in [-0.2, -0.15) is 0 Å². The van der Waals surface area contributed by atoms with Crippen molar-refractivity contribution in [1.82, 2.24) is 4.98 Å². The lowest BCUT2D eigenvalue weighted by Crippen LogP contribution is -2.26. The molecule has 0 bridgehead atoms. The molecule has 2 N–H and O–H groups in total. The lowest BCUT2D eigenvalue weighted by atomic mass is 10.0. The summed E-state index contributed by atoms with van der Waals surface area (Å²) < 4.78 is 0. The largest absolute Gasteiger partial charge is 0.323 e. The van der Waals surface area contributed by atoms with Crippen LogP contribution in [0.15, 0.2) is 23.5 Å². The van der Waals surface area contributed by atoms with E-state index < -0.39 is 0 Å². The zero-order chi connectivity index (χ0) is 7.68. The average Bonchev–Trinajstić information content (AvgIpc) is 2.04. The van der Waals surface area contributed by atoms with E-state index in [0.717, 1.165) is 12.1 Å². The lowest BCUT2D eigenvalue weighted by Gasteiger charge is -2.13. The van der Waals surface area contributed by atoms with Gasteiger partial charge in [-0.05, 0) is 18.1 Å². The number of nitrogens with zero attached hydrogens (tertiary/aromatic N) is 2. The molecule has 0 spiro atoms. The molecule has 1 aromatic heterocycles. The van der Waals surface area contributed by atoms with Gasteiger partial charge in [0.15, 0.2) is 0 Å². The fraction of sp³-hybridized carbons (Fsp3) is 0.250. The van der Waals surface area contributed by atoms with E-state index in [4.69, 9.17) is 5.73 Å². The van der Waals surface area contributed by atoms with Crippen LogP contribution in [0.5, 0.6) is 0 Å². The topological polar surface area (TPSA) is 51.3 Å². The molecule has 11 heavy (non-hydrogen) atoms. The van der Waals surface area contributed by atoms with Crippen molar-refractivity contribution in [3.63, 3.8) is 0 Å². The zero-order valence-corrected chi connectivity index (χ0v) is 6.07. The molecule has 3 nitrogen and oxygen atoms in total. The van der Waals surface area contributed by atoms with Crippen molar-refractivity contribution >= 4 is 11.9 Å². The summed E-state index contributed by atoms with van der Waals surface area (Å²) in [7, 11) is 0. The fourth-order valence-corrected chi connectivity index (χ4v) is 1.19. The molecule has 56 valence electrons. The summed E-state index contributed by atoms with van der Waals surface area (Å²) in [5.41, 5.74) is 7.82. The predicted octanol–water partition coefficient (Wildman–Crippen LogP) is 0.667. The van der Waals surface area contributed by atoms with Crippen molar-refractivity contribution < 1.29 is 0 Å². The van der Waals surface area contributed by atoms with Gasteiger partial charge in [0.2, 0.25) is 0 Å². The molecule has 0 amide bonds. The third-order valence-electron chi connectivity index (χ3n) is 1.75. The van der Waals surface area contributed by atoms with Crippen LogP contribution in [0, 0.1) is 0 Å². The number of fused-ring (bicyclic) bond motifs is 1. The van der Waals surface area contributed by atoms with Gasteiger partial charge in [0.25, 0.3) is 0 Å². The van der Waals surface area contributed by atoms with Gasteiger partial charge >= 0.3 is 0 Å². The Morgan fingerprint density at radius 3 is 3.36 bits per heavy atom. The maximum atomic E-state index is 5.68. The molecular formula is C8H9N3. The first kappa shape index (κ1) is 6.49. The van der Waals surface area contributed by atoms with Gasteiger partial charge < -0.3 is 5.73 Å². The van der Waals surface area contributed by atoms with Crippen molar-refractivity contribution in [2.24, 2.45) is 10.7 Å². The van der Waals surface area contributed by atoms with Crippen LogP contribution in [-0.4, -0.2) is 17.2 Å². The molecule has 0 aromatic carbocycles. The summed E-state index contributed by atoms with van der Waals surface area (Å²) >= 11 is 0. The van der Waals surface area contributed by atoms with Gasteiger partial charge in [0.1, 0.15) is 0 Å². The van der Waals surface area contributed by atoms with E-state index in [9.17, 15) is 0 Å². The standard InChI is InChI=1S/C8H9N3/c9-7-3-6-1-2-10-5-8(6)11-4-7/h1-2,4-5,7H,3,9H2. The van der Waals surface area contributed by atoms with Crippen LogP contribution in [0.2, 0.25) is 0 Å². The summed E-state index contributed by atoms with van der Waals surface area (Å²) in [6, 6.07) is 2.04. The van der Waals surface area contributed by atoms with Gasteiger partial charge in [-0.3, -0.25) is 9.98 Å². The minimum absolute atomic E-state index is 0.0740. The quantitative estimate of drug-likeness (QED) is 0.586. The average molecular weight is 147 g/mol. The van der Waals surface area contributed by atoms with Crippen LogP contribution in [0.3, 0.4) is 0 Å². The molecule has 0 fully saturated rings. The molecule has 3 heteroatoms. The Kier molecular flexibility index (Phi) is 1.43. The Morgan fingerprint density at radius 1 is 1.55 bits per heavy atom. The maximum Gasteiger partial charge on any atom is 0.0842 e. The van der Waals surface area contributed by atoms with Crippen molar-refractivity contribution in [2.75, 3.05) is 0 Å². The van der Waals surface area contributed by atoms with Gasteiger partial charge in [0, 0.05) is 18.5 Å². The van der Waals surface area contributed by atoms with Crippen LogP contribution in [0.25, 0.3) is 0 Å². The highest BCUT2D eigenvalue weighted by Gasteiger charge is 2.09. The Balaban J connectivity index is 2.46. The highest BCUT2D eigenvalue weighted by molar-refractivity contribution is 5.73. The Labute approximate surface area is 65.0 Å². The minimum atomic E-state index is 0.0740. The second-order valence-electron chi connectivity index (χ2n) is 2.65. The SMILES string of the molecule is NC1C=Nc2cnccc2C1. The fourth-order valence-electron chi connectivity index (χ4n) is 1.19. The number of aromatic nitrogens is 1. The van der Waals surface area contributed by atoms with Crippen LogP contribution in [0.1, 0.15) is 5.56 Å². The predicted molar refractivity (Wildman–Crippen MR) is 44.1 cm³/mol. The molecule has 1 aliphatic heterocycles. The van der Waals surface area contributed by atoms with E-state index in [1.807, 2.05) is 6.07 Å². The third kappa shape index (κ3) is 1.14. The summed E-state index contributed by atoms with van der Waals surface area (Å²) in [6.07, 6.45) is 6.18. The minimum Gasteiger partial charge on any atom is -0.323 e. The van der Waals surface area contributed by atoms with E-state index in [2.05, 4.69) is 9.98 Å². The van der Waals surface area contributed by atoms with Gasteiger partial charge in [-0.15, -0.1) is 0 Å². The van der Waals surface area contributed by atoms with Gasteiger partial charge in [-0.25, -0.2) is 0 Å². The molecule has 0 saturated carbocycles. The van der Waals surface area contributed by atoms with Crippen LogP contribution in [-0.2, 0) is 6.42 Å². The summed E-state index contributed by atoms with van der Waals surface area (Å²) in [6.45, 7) is 0. The first-order chi connectivity index (χ1) is 5.36. The number of rotatable bonds is 0. The van der Waals surface area contributed by atoms with Crippen molar-refractivity contribution in [2.45, 2.75) is 12.5 Å². The normalized spacial score (nSPS) is 21.4. The number of nitrogens with two attached hydrogens (primary N) is 1. The van der Waals surface area contributed by atoms with E-state index in [1.165, 1.54) is 5.56 Å². The molecule has 2 rings (SSSR count). The second kappa shape index (κ2) is 2.43. The molecule has 1 atom stereocenters. The molecule has 2 heterocycles. The smallest absolute Gasteiger partial charge is 0.0842 e. The first-order valence-electron chi connectivity index (χ1n) is 3.59. The number of pyridine rings is 1. The Hall–Kier alpha value is -1.22. The maximum absolute atomic E-state index is 5.68. The van der Waals surface area contributed by atoms with Gasteiger partial charge in [0.05, 0.1) is 11.9 Å². The molecule has 1 aliphatic rings. The first-order valence-corrected chi connectivity index (χ1v) is 3.59. The van der Waals surface area contributed by atoms with E-state index in [-0.39, 0.29) is 6.04 Å². The van der Waals surface area contributed by atoms with Gasteiger partial charge in [-0.1, -0.05) is 0 Å². The summed E-state index contributed by atoms with van der Waals surface area (Å²) in [4.78, 5) is 8.13. The van der Waals surface area contributed by atoms with E-state index >= 15 is 0 Å². The number of hydrogen-bond acceptors (Lipinski definition) is 3. The summed E-state index contributed by atoms with van der Waals surface area (Å²) in [5, 5.41) is 0. The van der Waals surface area contributed by atoms with Crippen LogP contribution in [0.4, 0.5) is 5.69 Å². The molecule has 1 aromatic rings. The van der Waals surface area contributed by atoms with Crippen molar-refractivity contribution in [1.29, 1.82) is 0 Å². The zero-order valence-electron chi connectivity index (χ0n) is 6.07. The molecule has 0 radical (unpaired) electrons. The van der Waals surface area contributed by atoms with Crippen LogP contribution < -0.4 is 5.73 Å². The monoisotopic (exact) mass is 147 g/mol. The second-order valence-corrected chi connectivity index (χ2v) is 2.65.